The Hall–Kier alpha value is -5.32. The van der Waals surface area contributed by atoms with E-state index in [1.54, 1.807) is 7.11 Å². The molecule has 0 N–H and O–H groups in total. The molecule has 1 heterocycles. The van der Waals surface area contributed by atoms with Crippen molar-refractivity contribution in [1.82, 2.24) is 4.98 Å². The van der Waals surface area contributed by atoms with Gasteiger partial charge in [-0.3, -0.25) is 9.59 Å². The molecule has 0 atom stereocenters. The maximum atomic E-state index is 13.6. The minimum Gasteiger partial charge on any atom is -0.491 e. The van der Waals surface area contributed by atoms with E-state index in [1.807, 2.05) is 60.7 Å². The second-order valence-electron chi connectivity index (χ2n) is 17.9. The molecule has 2 aliphatic carbocycles. The Morgan fingerprint density at radius 1 is 0.549 bits per heavy atom. The lowest BCUT2D eigenvalue weighted by Crippen LogP contribution is -2.29. The van der Waals surface area contributed by atoms with Gasteiger partial charge in [0.15, 0.2) is 0 Å². The number of benzene rings is 3. The van der Waals surface area contributed by atoms with Crippen molar-refractivity contribution in [3.63, 3.8) is 0 Å². The average molecular weight is 998 g/mol. The lowest BCUT2D eigenvalue weighted by Gasteiger charge is -2.27. The number of rotatable bonds is 31. The molecule has 0 radical (unpaired) electrons. The topological polar surface area (TPSA) is 164 Å². The van der Waals surface area contributed by atoms with Crippen LogP contribution in [0.3, 0.4) is 0 Å². The summed E-state index contributed by atoms with van der Waals surface area (Å²) in [6.07, 6.45) is 16.0. The Balaban J connectivity index is 1.05. The fourth-order valence-corrected chi connectivity index (χ4v) is 9.65. The van der Waals surface area contributed by atoms with Crippen LogP contribution in [0.25, 0.3) is 21.7 Å². The van der Waals surface area contributed by atoms with Crippen LogP contribution in [-0.4, -0.2) is 101 Å². The Labute approximate surface area is 422 Å². The third-order valence-corrected chi connectivity index (χ3v) is 13.7. The van der Waals surface area contributed by atoms with Crippen molar-refractivity contribution in [3.8, 4) is 17.2 Å². The number of ether oxygens (including phenoxy) is 9. The molecule has 0 unspecified atom stereocenters. The predicted octanol–water partition coefficient (Wildman–Crippen LogP) is 11.1. The Morgan fingerprint density at radius 3 is 1.58 bits per heavy atom. The number of hydrogen-bond acceptors (Lipinski definition) is 15. The number of nitrogens with zero attached hydrogens (tertiary/aromatic N) is 1. The summed E-state index contributed by atoms with van der Waals surface area (Å²) < 4.78 is 50.9. The minimum atomic E-state index is -0.389. The summed E-state index contributed by atoms with van der Waals surface area (Å²) in [5.41, 5.74) is 0.670. The summed E-state index contributed by atoms with van der Waals surface area (Å²) in [5, 5.41) is 3.33. The third kappa shape index (κ3) is 18.7. The minimum absolute atomic E-state index is 0.125. The van der Waals surface area contributed by atoms with E-state index in [4.69, 9.17) is 47.6 Å². The quantitative estimate of drug-likeness (QED) is 0.0154. The van der Waals surface area contributed by atoms with Crippen LogP contribution in [0.4, 0.5) is 0 Å². The summed E-state index contributed by atoms with van der Waals surface area (Å²) in [6.45, 7) is 10.9. The van der Waals surface area contributed by atoms with Crippen LogP contribution >= 0.6 is 11.8 Å². The fraction of sp³-hybridized carbons (Fsp3) is 0.518. The van der Waals surface area contributed by atoms with Crippen molar-refractivity contribution in [2.45, 2.75) is 125 Å². The van der Waals surface area contributed by atoms with Crippen molar-refractivity contribution in [2.75, 3.05) is 60.0 Å². The third-order valence-electron chi connectivity index (χ3n) is 12.7. The zero-order chi connectivity index (χ0) is 50.0. The van der Waals surface area contributed by atoms with Crippen molar-refractivity contribution < 1.29 is 61.8 Å². The summed E-state index contributed by atoms with van der Waals surface area (Å²) in [7, 11) is 1.64. The number of methoxy groups -OCH3 is 1. The van der Waals surface area contributed by atoms with Crippen molar-refractivity contribution in [2.24, 2.45) is 11.8 Å². The first-order valence-corrected chi connectivity index (χ1v) is 26.1. The Bertz CT molecular complexity index is 2320. The first-order chi connectivity index (χ1) is 34.7. The van der Waals surface area contributed by atoms with Gasteiger partial charge in [-0.2, -0.15) is 0 Å². The first kappa shape index (κ1) is 55.0. The molecule has 15 heteroatoms. The monoisotopic (exact) mass is 997 g/mol. The second kappa shape index (κ2) is 30.5. The van der Waals surface area contributed by atoms with Crippen LogP contribution in [0.15, 0.2) is 95.9 Å². The lowest BCUT2D eigenvalue weighted by atomic mass is 9.87. The van der Waals surface area contributed by atoms with Gasteiger partial charge in [0.2, 0.25) is 0 Å². The number of unbranched alkanes of at least 4 members (excludes halogenated alkanes) is 6. The van der Waals surface area contributed by atoms with Crippen LogP contribution in [0, 0.1) is 11.8 Å². The van der Waals surface area contributed by atoms with Gasteiger partial charge in [-0.1, -0.05) is 37.8 Å². The zero-order valence-electron chi connectivity index (χ0n) is 41.3. The van der Waals surface area contributed by atoms with Crippen LogP contribution in [0.5, 0.6) is 17.2 Å². The van der Waals surface area contributed by atoms with Crippen LogP contribution in [0.2, 0.25) is 0 Å². The molecule has 0 amide bonds. The van der Waals surface area contributed by atoms with Crippen molar-refractivity contribution >= 4 is 57.3 Å². The number of hydrogen-bond donors (Lipinski definition) is 0. The maximum absolute atomic E-state index is 13.6. The van der Waals surface area contributed by atoms with E-state index in [0.29, 0.717) is 101 Å². The Morgan fingerprint density at radius 2 is 1.04 bits per heavy atom. The van der Waals surface area contributed by atoms with Gasteiger partial charge in [-0.05, 0) is 150 Å². The molecule has 0 spiro atoms. The van der Waals surface area contributed by atoms with Crippen LogP contribution < -0.4 is 14.2 Å². The molecule has 0 bridgehead atoms. The fourth-order valence-electron chi connectivity index (χ4n) is 8.73. The van der Waals surface area contributed by atoms with Gasteiger partial charge in [0.1, 0.15) is 28.9 Å². The highest BCUT2D eigenvalue weighted by Gasteiger charge is 2.30. The molecule has 3 aromatic carbocycles. The van der Waals surface area contributed by atoms with Crippen molar-refractivity contribution in [3.05, 3.63) is 86.0 Å². The summed E-state index contributed by atoms with van der Waals surface area (Å²) in [6, 6.07) is 19.0. The van der Waals surface area contributed by atoms with Gasteiger partial charge in [0.05, 0.1) is 62.6 Å². The summed E-state index contributed by atoms with van der Waals surface area (Å²) >= 11 is 1.48. The Kier molecular flexibility index (Phi) is 23.7. The molecular weight excluding hydrogens is 927 g/mol. The van der Waals surface area contributed by atoms with E-state index < -0.39 is 0 Å². The van der Waals surface area contributed by atoms with Gasteiger partial charge in [-0.15, -0.1) is 0 Å². The first-order valence-electron chi connectivity index (χ1n) is 25.3. The van der Waals surface area contributed by atoms with E-state index >= 15 is 0 Å². The van der Waals surface area contributed by atoms with Crippen LogP contribution in [-0.2, 0) is 47.6 Å². The molecule has 0 aliphatic heterocycles. The SMILES string of the molecule is C=CC(=O)OCCCCCCOC1CCC(C(=O)Oc2ccc3c(c2)nc(Sc2ccc(OCCOCCOC)cc2)c2cc(OC(=O)C4CCC(OCCCCCCOC(=O)C=C)CC4)ccc23)CC1. The predicted molar refractivity (Wildman–Crippen MR) is 272 cm³/mol. The van der Waals surface area contributed by atoms with E-state index in [-0.39, 0.29) is 47.9 Å². The molecule has 2 saturated carbocycles. The van der Waals surface area contributed by atoms with Crippen molar-refractivity contribution in [1.29, 1.82) is 0 Å². The smallest absolute Gasteiger partial charge is 0.330 e. The number of pyridine rings is 1. The van der Waals surface area contributed by atoms with Gasteiger partial charge in [0, 0.05) is 54.2 Å². The van der Waals surface area contributed by atoms with E-state index in [2.05, 4.69) is 13.2 Å². The second-order valence-corrected chi connectivity index (χ2v) is 19.0. The zero-order valence-corrected chi connectivity index (χ0v) is 42.1. The molecule has 1 aromatic heterocycles. The standard InChI is InChI=1S/C56H71NO13S/c1-4-52(58)67-32-12-8-6-10-30-64-42-18-14-40(15-19-42)55(60)69-45-24-28-48-49-29-25-46(70-56(61)41-16-20-43(21-17-41)65-31-11-7-9-13-33-68-53(59)5-2)39-51(49)57-54(50(48)38-45)71-47-26-22-44(23-27-47)66-37-36-63-35-34-62-3/h4-5,22-29,38-43H,1-2,6-21,30-37H2,3H3. The number of esters is 4. The molecule has 384 valence electrons. The van der Waals surface area contributed by atoms with Crippen LogP contribution in [0.1, 0.15) is 103 Å². The normalized spacial score (nSPS) is 17.9. The molecule has 2 aliphatic rings. The molecule has 14 nitrogen and oxygen atoms in total. The van der Waals surface area contributed by atoms with Gasteiger partial charge in [0.25, 0.3) is 0 Å². The molecular formula is C56H71NO13S. The number of carbonyl (C=O) groups excluding carboxylic acids is 4. The lowest BCUT2D eigenvalue weighted by molar-refractivity contribution is -0.142. The van der Waals surface area contributed by atoms with E-state index in [1.165, 1.54) is 23.9 Å². The van der Waals surface area contributed by atoms with E-state index in [0.717, 1.165) is 104 Å². The highest BCUT2D eigenvalue weighted by Crippen LogP contribution is 2.39. The van der Waals surface area contributed by atoms with Gasteiger partial charge < -0.3 is 42.6 Å². The molecule has 71 heavy (non-hydrogen) atoms. The molecule has 4 aromatic rings. The molecule has 6 rings (SSSR count). The number of aromatic nitrogens is 1. The largest absolute Gasteiger partial charge is 0.491 e. The highest BCUT2D eigenvalue weighted by molar-refractivity contribution is 7.99. The summed E-state index contributed by atoms with van der Waals surface area (Å²) in [5.74, 6) is -0.105. The number of carbonyl (C=O) groups is 4. The molecule has 2 fully saturated rings. The van der Waals surface area contributed by atoms with E-state index in [9.17, 15) is 19.2 Å². The highest BCUT2D eigenvalue weighted by atomic mass is 32.2. The molecule has 0 saturated heterocycles. The number of fused-ring (bicyclic) bond motifs is 3. The summed E-state index contributed by atoms with van der Waals surface area (Å²) in [4.78, 5) is 55.5. The van der Waals surface area contributed by atoms with Gasteiger partial charge in [-0.25, -0.2) is 14.6 Å². The van der Waals surface area contributed by atoms with Gasteiger partial charge >= 0.3 is 23.9 Å². The maximum Gasteiger partial charge on any atom is 0.330 e. The average Bonchev–Trinajstić information content (AvgIpc) is 3.39.